The monoisotopic (exact) mass is 934 g/mol. The van der Waals surface area contributed by atoms with E-state index in [9.17, 15) is 20.1 Å². The van der Waals surface area contributed by atoms with Gasteiger partial charge in [-0.05, 0) is 12.8 Å². The molecular weight excluding hydrogens is 811 g/mol. The van der Waals surface area contributed by atoms with Crippen LogP contribution in [0.25, 0.3) is 0 Å². The predicted octanol–water partition coefficient (Wildman–Crippen LogP) is 19.3. The summed E-state index contributed by atoms with van der Waals surface area (Å²) in [6, 6.07) is -0.708. The number of aliphatic hydroxyl groups excluding tert-OH is 3. The van der Waals surface area contributed by atoms with Crippen LogP contribution in [0.4, 0.5) is 0 Å². The van der Waals surface area contributed by atoms with Crippen LogP contribution in [0.3, 0.4) is 0 Å². The summed E-state index contributed by atoms with van der Waals surface area (Å²) in [4.78, 5) is 12.6. The van der Waals surface area contributed by atoms with Crippen molar-refractivity contribution in [2.75, 3.05) is 6.61 Å². The summed E-state index contributed by atoms with van der Waals surface area (Å²) in [5, 5.41) is 33.6. The fourth-order valence-electron chi connectivity index (χ4n) is 10.2. The largest absolute Gasteiger partial charge is 0.394 e. The molecule has 0 aromatic rings. The van der Waals surface area contributed by atoms with Gasteiger partial charge in [0.15, 0.2) is 0 Å². The van der Waals surface area contributed by atoms with E-state index in [0.717, 1.165) is 32.1 Å². The molecule has 3 unspecified atom stereocenters. The Hall–Kier alpha value is -0.650. The number of carbonyl (C=O) groups excluding carboxylic acids is 1. The second-order valence-electron chi connectivity index (χ2n) is 21.6. The lowest BCUT2D eigenvalue weighted by Gasteiger charge is -2.23. The van der Waals surface area contributed by atoms with Crippen molar-refractivity contribution >= 4 is 5.91 Å². The molecule has 0 radical (unpaired) electrons. The molecular formula is C61H123NO4. The van der Waals surface area contributed by atoms with Crippen LogP contribution in [0, 0.1) is 0 Å². The molecule has 5 nitrogen and oxygen atoms in total. The first-order valence-corrected chi connectivity index (χ1v) is 30.8. The molecule has 0 aliphatic heterocycles. The highest BCUT2D eigenvalue weighted by molar-refractivity contribution is 5.80. The molecule has 66 heavy (non-hydrogen) atoms. The van der Waals surface area contributed by atoms with Gasteiger partial charge in [-0.1, -0.05) is 348 Å². The molecule has 5 heteroatoms. The third-order valence-electron chi connectivity index (χ3n) is 15.0. The minimum absolute atomic E-state index is 0.307. The summed E-state index contributed by atoms with van der Waals surface area (Å²) in [7, 11) is 0. The van der Waals surface area contributed by atoms with Gasteiger partial charge in [-0.15, -0.1) is 0 Å². The van der Waals surface area contributed by atoms with E-state index < -0.39 is 24.2 Å². The molecule has 0 heterocycles. The van der Waals surface area contributed by atoms with Crippen molar-refractivity contribution in [3.05, 3.63) is 0 Å². The summed E-state index contributed by atoms with van der Waals surface area (Å²) in [5.41, 5.74) is 0. The minimum atomic E-state index is -1.07. The average molecular weight is 935 g/mol. The average Bonchev–Trinajstić information content (AvgIpc) is 3.32. The summed E-state index contributed by atoms with van der Waals surface area (Å²) in [5.74, 6) is -0.460. The molecule has 396 valence electrons. The van der Waals surface area contributed by atoms with Gasteiger partial charge in [0.2, 0.25) is 5.91 Å². The lowest BCUT2D eigenvalue weighted by atomic mass is 10.0. The van der Waals surface area contributed by atoms with Crippen molar-refractivity contribution in [3.63, 3.8) is 0 Å². The Kier molecular flexibility index (Phi) is 56.4. The van der Waals surface area contributed by atoms with Gasteiger partial charge in [0, 0.05) is 0 Å². The van der Waals surface area contributed by atoms with E-state index in [0.29, 0.717) is 12.8 Å². The van der Waals surface area contributed by atoms with Crippen LogP contribution >= 0.6 is 0 Å². The van der Waals surface area contributed by atoms with Crippen molar-refractivity contribution < 1.29 is 20.1 Å². The van der Waals surface area contributed by atoms with Gasteiger partial charge in [0.05, 0.1) is 18.8 Å². The third kappa shape index (κ3) is 51.2. The summed E-state index contributed by atoms with van der Waals surface area (Å²) in [6.07, 6.45) is 70.3. The van der Waals surface area contributed by atoms with Gasteiger partial charge < -0.3 is 20.6 Å². The first kappa shape index (κ1) is 65.3. The Morgan fingerprint density at radius 1 is 0.303 bits per heavy atom. The highest BCUT2D eigenvalue weighted by Crippen LogP contribution is 2.19. The number of nitrogens with one attached hydrogen (secondary N) is 1. The summed E-state index contributed by atoms with van der Waals surface area (Å²) >= 11 is 0. The van der Waals surface area contributed by atoms with Gasteiger partial charge in [-0.2, -0.15) is 0 Å². The maximum atomic E-state index is 12.6. The van der Waals surface area contributed by atoms with Crippen LogP contribution < -0.4 is 5.32 Å². The van der Waals surface area contributed by atoms with Gasteiger partial charge in [0.25, 0.3) is 0 Å². The van der Waals surface area contributed by atoms with Gasteiger partial charge in [-0.3, -0.25) is 4.79 Å². The lowest BCUT2D eigenvalue weighted by molar-refractivity contribution is -0.131. The summed E-state index contributed by atoms with van der Waals surface area (Å²) < 4.78 is 0. The molecule has 0 aromatic carbocycles. The lowest BCUT2D eigenvalue weighted by Crippen LogP contribution is -2.49. The third-order valence-corrected chi connectivity index (χ3v) is 15.0. The van der Waals surface area contributed by atoms with Crippen molar-refractivity contribution in [2.24, 2.45) is 0 Å². The number of aliphatic hydroxyl groups is 3. The number of carbonyl (C=O) groups is 1. The molecule has 1 amide bonds. The van der Waals surface area contributed by atoms with Crippen molar-refractivity contribution in [1.29, 1.82) is 0 Å². The smallest absolute Gasteiger partial charge is 0.249 e. The van der Waals surface area contributed by atoms with Crippen LogP contribution in [0.5, 0.6) is 0 Å². The number of hydrogen-bond acceptors (Lipinski definition) is 4. The second-order valence-corrected chi connectivity index (χ2v) is 21.6. The zero-order valence-corrected chi connectivity index (χ0v) is 45.4. The Balaban J connectivity index is 3.46. The van der Waals surface area contributed by atoms with Gasteiger partial charge >= 0.3 is 0 Å². The number of rotatable bonds is 58. The molecule has 0 aliphatic rings. The van der Waals surface area contributed by atoms with Crippen LogP contribution in [0.2, 0.25) is 0 Å². The molecule has 0 rings (SSSR count). The van der Waals surface area contributed by atoms with Crippen LogP contribution in [-0.2, 0) is 4.79 Å². The van der Waals surface area contributed by atoms with Crippen molar-refractivity contribution in [2.45, 2.75) is 379 Å². The molecule has 0 aromatic heterocycles. The topological polar surface area (TPSA) is 89.8 Å². The highest BCUT2D eigenvalue weighted by Gasteiger charge is 2.23. The van der Waals surface area contributed by atoms with E-state index in [2.05, 4.69) is 19.2 Å². The van der Waals surface area contributed by atoms with Gasteiger partial charge in [-0.25, -0.2) is 0 Å². The fourth-order valence-corrected chi connectivity index (χ4v) is 10.2. The first-order chi connectivity index (χ1) is 32.6. The SMILES string of the molecule is CCCCCCCCCCCCCCCCCCCCCCCCCCCCCC(O)C(=O)NC(CO)C(O)CCCCCCCCCCCCCCCCCCCCCCCCCCC. The predicted molar refractivity (Wildman–Crippen MR) is 292 cm³/mol. The molecule has 3 atom stereocenters. The number of amides is 1. The molecule has 0 fully saturated rings. The maximum Gasteiger partial charge on any atom is 0.249 e. The fraction of sp³-hybridized carbons (Fsp3) is 0.984. The Morgan fingerprint density at radius 2 is 0.485 bits per heavy atom. The van der Waals surface area contributed by atoms with Crippen molar-refractivity contribution in [3.8, 4) is 0 Å². The number of hydrogen-bond donors (Lipinski definition) is 4. The maximum absolute atomic E-state index is 12.6. The van der Waals surface area contributed by atoms with E-state index in [4.69, 9.17) is 0 Å². The van der Waals surface area contributed by atoms with E-state index in [1.165, 1.54) is 302 Å². The Morgan fingerprint density at radius 3 is 0.682 bits per heavy atom. The molecule has 0 bridgehead atoms. The van der Waals surface area contributed by atoms with Crippen LogP contribution in [0.15, 0.2) is 0 Å². The van der Waals surface area contributed by atoms with E-state index in [1.54, 1.807) is 0 Å². The quantitative estimate of drug-likeness (QED) is 0.0458. The van der Waals surface area contributed by atoms with Crippen LogP contribution in [-0.4, -0.2) is 46.1 Å². The van der Waals surface area contributed by atoms with Crippen LogP contribution in [0.1, 0.15) is 361 Å². The molecule has 4 N–H and O–H groups in total. The molecule has 0 aliphatic carbocycles. The summed E-state index contributed by atoms with van der Waals surface area (Å²) in [6.45, 7) is 4.29. The first-order valence-electron chi connectivity index (χ1n) is 30.8. The van der Waals surface area contributed by atoms with Gasteiger partial charge in [0.1, 0.15) is 6.10 Å². The Labute approximate surface area is 415 Å². The number of unbranched alkanes of at least 4 members (excludes halogenated alkanes) is 50. The zero-order chi connectivity index (χ0) is 47.9. The van der Waals surface area contributed by atoms with Crippen molar-refractivity contribution in [1.82, 2.24) is 5.32 Å². The highest BCUT2D eigenvalue weighted by atomic mass is 16.3. The van der Waals surface area contributed by atoms with E-state index in [1.807, 2.05) is 0 Å². The molecule has 0 spiro atoms. The van der Waals surface area contributed by atoms with E-state index in [-0.39, 0.29) is 6.61 Å². The molecule has 0 saturated heterocycles. The minimum Gasteiger partial charge on any atom is -0.394 e. The standard InChI is InChI=1S/C61H123NO4/c1-3-5-7-9-11-13-15-17-19-21-23-25-27-29-30-32-34-36-38-40-42-44-46-48-50-52-54-56-60(65)61(66)62-58(57-63)59(64)55-53-51-49-47-45-43-41-39-37-35-33-31-28-26-24-22-20-18-16-14-12-10-8-6-4-2/h58-60,63-65H,3-57H2,1-2H3,(H,62,66). The normalized spacial score (nSPS) is 13.1. The van der Waals surface area contributed by atoms with E-state index >= 15 is 0 Å². The Bertz CT molecular complexity index is 898. The molecule has 0 saturated carbocycles. The zero-order valence-electron chi connectivity index (χ0n) is 45.4. The second kappa shape index (κ2) is 56.9.